The van der Waals surface area contributed by atoms with Crippen LogP contribution in [0.4, 0.5) is 13.2 Å². The van der Waals surface area contributed by atoms with Gasteiger partial charge in [-0.05, 0) is 6.42 Å². The van der Waals surface area contributed by atoms with Gasteiger partial charge in [-0.15, -0.1) is 0 Å². The van der Waals surface area contributed by atoms with Crippen LogP contribution in [0.3, 0.4) is 0 Å². The Labute approximate surface area is 87.6 Å². The number of rotatable bonds is 5. The third-order valence-electron chi connectivity index (χ3n) is 1.74. The lowest BCUT2D eigenvalue weighted by Crippen LogP contribution is -2.30. The molecule has 0 aromatic carbocycles. The zero-order chi connectivity index (χ0) is 10.5. The molecule has 0 aromatic heterocycles. The van der Waals surface area contributed by atoms with Crippen LogP contribution in [0.1, 0.15) is 12.8 Å². The van der Waals surface area contributed by atoms with Gasteiger partial charge in [-0.2, -0.15) is 13.2 Å². The predicted molar refractivity (Wildman–Crippen MR) is 49.8 cm³/mol. The maximum absolute atomic E-state index is 11.8. The Hall–Kier alpha value is 0.150. The van der Waals surface area contributed by atoms with E-state index < -0.39 is 24.6 Å². The highest BCUT2D eigenvalue weighted by atomic mass is 127. The van der Waals surface area contributed by atoms with Crippen molar-refractivity contribution >= 4 is 28.9 Å². The van der Waals surface area contributed by atoms with Crippen LogP contribution in [0.15, 0.2) is 0 Å². The second-order valence-corrected chi connectivity index (χ2v) is 3.65. The third-order valence-corrected chi connectivity index (χ3v) is 3.26. The Morgan fingerprint density at radius 3 is 2.08 bits per heavy atom. The molecule has 0 aromatic rings. The fourth-order valence-corrected chi connectivity index (χ4v) is 1.51. The lowest BCUT2D eigenvalue weighted by molar-refractivity contribution is -0.143. The fourth-order valence-electron chi connectivity index (χ4n) is 0.707. The predicted octanol–water partition coefficient (Wildman–Crippen LogP) is 1.94. The van der Waals surface area contributed by atoms with Gasteiger partial charge in [-0.3, -0.25) is 0 Å². The van der Waals surface area contributed by atoms with Gasteiger partial charge in [0.05, 0.1) is 12.0 Å². The number of aliphatic hydroxyl groups is 1. The summed E-state index contributed by atoms with van der Waals surface area (Å²) in [7, 11) is 0. The average Bonchev–Trinajstić information content (AvgIpc) is 2.06. The number of carbonyl (C=O) groups excluding carboxylic acids is 1. The van der Waals surface area contributed by atoms with E-state index in [1.807, 2.05) is 0 Å². The zero-order valence-electron chi connectivity index (χ0n) is 6.77. The summed E-state index contributed by atoms with van der Waals surface area (Å²) in [5.41, 5.74) is -1.23. The smallest absolute Gasteiger partial charge is 0.389 e. The molecule has 0 amide bonds. The molecule has 0 radical (unpaired) electrons. The number of hydrogen-bond donors (Lipinski definition) is 1. The normalized spacial score (nSPS) is 16.7. The molecule has 1 atom stereocenters. The summed E-state index contributed by atoms with van der Waals surface area (Å²) in [6, 6.07) is 0. The number of hydrogen-bond acceptors (Lipinski definition) is 2. The van der Waals surface area contributed by atoms with Gasteiger partial charge < -0.3 is 9.90 Å². The number of aldehydes is 1. The van der Waals surface area contributed by atoms with E-state index in [2.05, 4.69) is 0 Å². The number of halogens is 4. The first-order valence-electron chi connectivity index (χ1n) is 3.59. The highest BCUT2D eigenvalue weighted by Gasteiger charge is 2.35. The summed E-state index contributed by atoms with van der Waals surface area (Å²) in [5, 5.41) is 8.77. The highest BCUT2D eigenvalue weighted by Crippen LogP contribution is 2.30. The van der Waals surface area contributed by atoms with Crippen LogP contribution in [0.2, 0.25) is 0 Å². The van der Waals surface area contributed by atoms with Crippen molar-refractivity contribution in [3.05, 3.63) is 0 Å². The van der Waals surface area contributed by atoms with E-state index in [4.69, 9.17) is 5.11 Å². The van der Waals surface area contributed by atoms with Gasteiger partial charge in [0.2, 0.25) is 0 Å². The number of alkyl halides is 4. The van der Waals surface area contributed by atoms with Crippen LogP contribution in [0.5, 0.6) is 0 Å². The van der Waals surface area contributed by atoms with E-state index in [1.165, 1.54) is 0 Å². The van der Waals surface area contributed by atoms with Gasteiger partial charge in [-0.25, -0.2) is 0 Å². The molecule has 78 valence electrons. The van der Waals surface area contributed by atoms with Gasteiger partial charge in [0.1, 0.15) is 6.29 Å². The quantitative estimate of drug-likeness (QED) is 0.479. The van der Waals surface area contributed by atoms with Crippen LogP contribution in [0.25, 0.3) is 0 Å². The van der Waals surface area contributed by atoms with E-state index in [0.717, 1.165) is 0 Å². The molecule has 0 aliphatic heterocycles. The minimum absolute atomic E-state index is 0.195. The molecule has 0 heterocycles. The van der Waals surface area contributed by atoms with Crippen LogP contribution < -0.4 is 0 Å². The van der Waals surface area contributed by atoms with Crippen molar-refractivity contribution in [2.75, 3.05) is 11.0 Å². The van der Waals surface area contributed by atoms with E-state index in [1.54, 1.807) is 22.6 Å². The summed E-state index contributed by atoms with van der Waals surface area (Å²) in [4.78, 5) is 10.5. The maximum Gasteiger partial charge on any atom is 0.389 e. The Balaban J connectivity index is 4.19. The van der Waals surface area contributed by atoms with Crippen LogP contribution in [-0.4, -0.2) is 28.6 Å². The largest absolute Gasteiger partial charge is 0.395 e. The van der Waals surface area contributed by atoms with Gasteiger partial charge in [-0.1, -0.05) is 22.6 Å². The van der Waals surface area contributed by atoms with Gasteiger partial charge in [0.25, 0.3) is 0 Å². The molecule has 0 spiro atoms. The summed E-state index contributed by atoms with van der Waals surface area (Å²) < 4.78 is 35.6. The molecule has 0 aliphatic carbocycles. The molecule has 0 saturated carbocycles. The van der Waals surface area contributed by atoms with Crippen molar-refractivity contribution in [1.82, 2.24) is 0 Å². The SMILES string of the molecule is O=CC(CO)(CI)CCC(F)(F)F. The summed E-state index contributed by atoms with van der Waals surface area (Å²) in [5.74, 6) is 0. The molecule has 0 bridgehead atoms. The van der Waals surface area contributed by atoms with E-state index in [-0.39, 0.29) is 10.8 Å². The van der Waals surface area contributed by atoms with E-state index in [0.29, 0.717) is 6.29 Å². The molecule has 6 heteroatoms. The van der Waals surface area contributed by atoms with Gasteiger partial charge >= 0.3 is 6.18 Å². The molecule has 0 fully saturated rings. The second kappa shape index (κ2) is 5.14. The first-order chi connectivity index (χ1) is 5.89. The first kappa shape index (κ1) is 13.2. The molecule has 13 heavy (non-hydrogen) atoms. The van der Waals surface area contributed by atoms with Crippen LogP contribution in [-0.2, 0) is 4.79 Å². The Bertz CT molecular complexity index is 166. The van der Waals surface area contributed by atoms with Crippen LogP contribution in [0, 0.1) is 5.41 Å². The molecule has 0 aliphatic rings. The lowest BCUT2D eigenvalue weighted by Gasteiger charge is -2.23. The number of aliphatic hydroxyl groups excluding tert-OH is 1. The van der Waals surface area contributed by atoms with Gasteiger partial charge in [0.15, 0.2) is 0 Å². The molecular weight excluding hydrogens is 300 g/mol. The highest BCUT2D eigenvalue weighted by molar-refractivity contribution is 14.1. The first-order valence-corrected chi connectivity index (χ1v) is 5.11. The van der Waals surface area contributed by atoms with Crippen molar-refractivity contribution in [2.24, 2.45) is 5.41 Å². The second-order valence-electron chi connectivity index (χ2n) is 2.89. The molecule has 1 unspecified atom stereocenters. The summed E-state index contributed by atoms with van der Waals surface area (Å²) in [6.45, 7) is -0.532. The van der Waals surface area contributed by atoms with Crippen molar-refractivity contribution in [1.29, 1.82) is 0 Å². The van der Waals surface area contributed by atoms with Gasteiger partial charge in [0, 0.05) is 10.8 Å². The maximum atomic E-state index is 11.8. The molecule has 0 saturated heterocycles. The Morgan fingerprint density at radius 2 is 1.85 bits per heavy atom. The minimum atomic E-state index is -4.27. The average molecular weight is 310 g/mol. The topological polar surface area (TPSA) is 37.3 Å². The van der Waals surface area contributed by atoms with E-state index >= 15 is 0 Å². The molecular formula is C7H10F3IO2. The Morgan fingerprint density at radius 1 is 1.31 bits per heavy atom. The number of carbonyl (C=O) groups is 1. The van der Waals surface area contributed by atoms with E-state index in [9.17, 15) is 18.0 Å². The van der Waals surface area contributed by atoms with Crippen molar-refractivity contribution in [2.45, 2.75) is 19.0 Å². The monoisotopic (exact) mass is 310 g/mol. The summed E-state index contributed by atoms with van der Waals surface area (Å²) in [6.07, 6.45) is -5.24. The third kappa shape index (κ3) is 4.80. The van der Waals surface area contributed by atoms with Crippen molar-refractivity contribution in [3.8, 4) is 0 Å². The van der Waals surface area contributed by atoms with Crippen molar-refractivity contribution in [3.63, 3.8) is 0 Å². The minimum Gasteiger partial charge on any atom is -0.395 e. The zero-order valence-corrected chi connectivity index (χ0v) is 8.93. The lowest BCUT2D eigenvalue weighted by atomic mass is 9.88. The Kier molecular flexibility index (Phi) is 5.19. The standard InChI is InChI=1S/C7H10F3IO2/c8-7(9,10)2-1-6(3-11,4-12)5-13/h4,13H,1-3,5H2. The summed E-state index contributed by atoms with van der Waals surface area (Å²) >= 11 is 1.80. The fraction of sp³-hybridized carbons (Fsp3) is 0.857. The molecule has 0 rings (SSSR count). The van der Waals surface area contributed by atoms with Crippen LogP contribution >= 0.6 is 22.6 Å². The molecule has 2 nitrogen and oxygen atoms in total. The van der Waals surface area contributed by atoms with Crippen molar-refractivity contribution < 1.29 is 23.1 Å². The molecule has 1 N–H and O–H groups in total.